The normalized spacial score (nSPS) is 15.4. The number of rotatable bonds is 5. The number of amides is 1. The summed E-state index contributed by atoms with van der Waals surface area (Å²) in [6.07, 6.45) is 1.36. The summed E-state index contributed by atoms with van der Waals surface area (Å²) in [6.45, 7) is 4.23. The van der Waals surface area contributed by atoms with Gasteiger partial charge in [-0.05, 0) is 5.56 Å². The summed E-state index contributed by atoms with van der Waals surface area (Å²) in [6, 6.07) is 10.4. The van der Waals surface area contributed by atoms with E-state index in [4.69, 9.17) is 5.73 Å². The molecule has 0 saturated carbocycles. The molecule has 2 heterocycles. The van der Waals surface area contributed by atoms with Crippen LogP contribution in [0.1, 0.15) is 5.56 Å². The van der Waals surface area contributed by atoms with Gasteiger partial charge in [-0.3, -0.25) is 9.69 Å². The van der Waals surface area contributed by atoms with Gasteiger partial charge in [-0.2, -0.15) is 4.98 Å². The number of nitrogens with zero attached hydrogens (tertiary/aromatic N) is 5. The molecule has 24 heavy (non-hydrogen) atoms. The minimum Gasteiger partial charge on any atom is -0.368 e. The van der Waals surface area contributed by atoms with Crippen molar-refractivity contribution in [2.75, 3.05) is 37.7 Å². The van der Waals surface area contributed by atoms with E-state index in [0.29, 0.717) is 10.9 Å². The Morgan fingerprint density at radius 3 is 2.58 bits per heavy atom. The van der Waals surface area contributed by atoms with Gasteiger partial charge < -0.3 is 10.6 Å². The van der Waals surface area contributed by atoms with Crippen molar-refractivity contribution in [3.05, 3.63) is 42.2 Å². The van der Waals surface area contributed by atoms with Crippen LogP contribution in [-0.2, 0) is 11.3 Å². The van der Waals surface area contributed by atoms with Crippen LogP contribution in [-0.4, -0.2) is 62.6 Å². The fraction of sp³-hybridized carbons (Fsp3) is 0.375. The Hall–Kier alpha value is -2.19. The lowest BCUT2D eigenvalue weighted by molar-refractivity contribution is -0.130. The highest BCUT2D eigenvalue weighted by atomic mass is 32.2. The lowest BCUT2D eigenvalue weighted by atomic mass is 10.2. The van der Waals surface area contributed by atoms with Crippen LogP contribution < -0.4 is 5.73 Å². The van der Waals surface area contributed by atoms with Gasteiger partial charge in [0.15, 0.2) is 5.16 Å². The van der Waals surface area contributed by atoms with E-state index in [1.807, 2.05) is 11.0 Å². The Morgan fingerprint density at radius 1 is 1.12 bits per heavy atom. The van der Waals surface area contributed by atoms with Crippen molar-refractivity contribution < 1.29 is 4.79 Å². The summed E-state index contributed by atoms with van der Waals surface area (Å²) in [7, 11) is 0. The smallest absolute Gasteiger partial charge is 0.233 e. The molecule has 126 valence electrons. The van der Waals surface area contributed by atoms with Gasteiger partial charge in [0, 0.05) is 32.7 Å². The highest BCUT2D eigenvalue weighted by Crippen LogP contribution is 2.14. The van der Waals surface area contributed by atoms with Crippen LogP contribution in [0.5, 0.6) is 0 Å². The van der Waals surface area contributed by atoms with Crippen molar-refractivity contribution in [1.82, 2.24) is 24.8 Å². The van der Waals surface area contributed by atoms with Gasteiger partial charge in [-0.15, -0.1) is 0 Å². The lowest BCUT2D eigenvalue weighted by Gasteiger charge is -2.34. The number of anilines is 1. The van der Waals surface area contributed by atoms with Crippen LogP contribution in [0.4, 0.5) is 5.95 Å². The Bertz CT molecular complexity index is 675. The molecule has 1 aromatic carbocycles. The molecule has 7 nitrogen and oxygen atoms in total. The van der Waals surface area contributed by atoms with Crippen LogP contribution in [0.2, 0.25) is 0 Å². The van der Waals surface area contributed by atoms with E-state index in [1.54, 1.807) is 0 Å². The van der Waals surface area contributed by atoms with Crippen molar-refractivity contribution in [2.24, 2.45) is 0 Å². The number of carbonyl (C=O) groups is 1. The SMILES string of the molecule is Nc1ncnc(SCC(=O)N2CCN(Cc3ccccc3)CC2)n1. The predicted molar refractivity (Wildman–Crippen MR) is 93.3 cm³/mol. The van der Waals surface area contributed by atoms with Crippen LogP contribution in [0.25, 0.3) is 0 Å². The standard InChI is InChI=1S/C16H20N6OS/c17-15-18-12-19-16(20-15)24-11-14(23)22-8-6-21(7-9-22)10-13-4-2-1-3-5-13/h1-5,12H,6-11H2,(H2,17,18,19,20). The maximum absolute atomic E-state index is 12.3. The minimum absolute atomic E-state index is 0.110. The predicted octanol–water partition coefficient (Wildman–Crippen LogP) is 0.890. The molecule has 0 bridgehead atoms. The first-order chi connectivity index (χ1) is 11.7. The molecule has 1 aromatic heterocycles. The molecule has 0 atom stereocenters. The Balaban J connectivity index is 1.43. The van der Waals surface area contributed by atoms with Crippen molar-refractivity contribution in [1.29, 1.82) is 0 Å². The monoisotopic (exact) mass is 344 g/mol. The fourth-order valence-electron chi connectivity index (χ4n) is 2.58. The molecule has 0 radical (unpaired) electrons. The van der Waals surface area contributed by atoms with Gasteiger partial charge in [0.1, 0.15) is 6.33 Å². The van der Waals surface area contributed by atoms with Crippen molar-refractivity contribution in [3.63, 3.8) is 0 Å². The first kappa shape index (κ1) is 16.7. The van der Waals surface area contributed by atoms with Gasteiger partial charge in [0.25, 0.3) is 0 Å². The zero-order valence-electron chi connectivity index (χ0n) is 13.3. The van der Waals surface area contributed by atoms with E-state index in [0.717, 1.165) is 32.7 Å². The summed E-state index contributed by atoms with van der Waals surface area (Å²) >= 11 is 1.29. The minimum atomic E-state index is 0.110. The van der Waals surface area contributed by atoms with Crippen molar-refractivity contribution >= 4 is 23.6 Å². The molecular weight excluding hydrogens is 324 g/mol. The van der Waals surface area contributed by atoms with Crippen molar-refractivity contribution in [3.8, 4) is 0 Å². The molecule has 2 N–H and O–H groups in total. The number of thioether (sulfide) groups is 1. The Kier molecular flexibility index (Phi) is 5.60. The molecule has 0 unspecified atom stereocenters. The lowest BCUT2D eigenvalue weighted by Crippen LogP contribution is -2.48. The molecular formula is C16H20N6OS. The number of hydrogen-bond donors (Lipinski definition) is 1. The largest absolute Gasteiger partial charge is 0.368 e. The fourth-order valence-corrected chi connectivity index (χ4v) is 3.29. The summed E-state index contributed by atoms with van der Waals surface area (Å²) in [4.78, 5) is 28.3. The highest BCUT2D eigenvalue weighted by Gasteiger charge is 2.21. The molecule has 3 rings (SSSR count). The number of carbonyl (C=O) groups excluding carboxylic acids is 1. The number of nitrogen functional groups attached to an aromatic ring is 1. The molecule has 0 spiro atoms. The first-order valence-corrected chi connectivity index (χ1v) is 8.80. The third-order valence-corrected chi connectivity index (χ3v) is 4.71. The molecule has 1 aliphatic rings. The Morgan fingerprint density at radius 2 is 1.88 bits per heavy atom. The van der Waals surface area contributed by atoms with Crippen LogP contribution in [0.3, 0.4) is 0 Å². The first-order valence-electron chi connectivity index (χ1n) is 7.82. The number of aromatic nitrogens is 3. The summed E-state index contributed by atoms with van der Waals surface area (Å²) < 4.78 is 0. The van der Waals surface area contributed by atoms with E-state index < -0.39 is 0 Å². The second-order valence-electron chi connectivity index (χ2n) is 5.56. The van der Waals surface area contributed by atoms with E-state index in [9.17, 15) is 4.79 Å². The maximum Gasteiger partial charge on any atom is 0.233 e. The maximum atomic E-state index is 12.3. The van der Waals surface area contributed by atoms with E-state index in [-0.39, 0.29) is 11.9 Å². The average molecular weight is 344 g/mol. The molecule has 8 heteroatoms. The third kappa shape index (κ3) is 4.65. The highest BCUT2D eigenvalue weighted by molar-refractivity contribution is 7.99. The van der Waals surface area contributed by atoms with E-state index in [1.165, 1.54) is 23.7 Å². The number of nitrogens with two attached hydrogens (primary N) is 1. The van der Waals surface area contributed by atoms with Gasteiger partial charge in [-0.1, -0.05) is 42.1 Å². The van der Waals surface area contributed by atoms with Crippen LogP contribution in [0, 0.1) is 0 Å². The quantitative estimate of drug-likeness (QED) is 0.806. The van der Waals surface area contributed by atoms with E-state index in [2.05, 4.69) is 44.1 Å². The average Bonchev–Trinajstić information content (AvgIpc) is 2.61. The number of piperazine rings is 1. The van der Waals surface area contributed by atoms with E-state index >= 15 is 0 Å². The molecule has 1 aliphatic heterocycles. The molecule has 1 fully saturated rings. The van der Waals surface area contributed by atoms with Gasteiger partial charge >= 0.3 is 0 Å². The topological polar surface area (TPSA) is 88.2 Å². The summed E-state index contributed by atoms with van der Waals surface area (Å²) in [5.41, 5.74) is 6.82. The van der Waals surface area contributed by atoms with Gasteiger partial charge in [-0.25, -0.2) is 9.97 Å². The van der Waals surface area contributed by atoms with Crippen molar-refractivity contribution in [2.45, 2.75) is 11.7 Å². The number of benzene rings is 1. The van der Waals surface area contributed by atoms with Gasteiger partial charge in [0.2, 0.25) is 11.9 Å². The van der Waals surface area contributed by atoms with Crippen LogP contribution >= 0.6 is 11.8 Å². The molecule has 1 amide bonds. The number of hydrogen-bond acceptors (Lipinski definition) is 7. The van der Waals surface area contributed by atoms with Crippen LogP contribution in [0.15, 0.2) is 41.8 Å². The molecule has 1 saturated heterocycles. The molecule has 0 aliphatic carbocycles. The molecule has 2 aromatic rings. The van der Waals surface area contributed by atoms with Gasteiger partial charge in [0.05, 0.1) is 5.75 Å². The summed E-state index contributed by atoms with van der Waals surface area (Å²) in [5, 5.41) is 0.485. The second kappa shape index (κ2) is 8.07. The second-order valence-corrected chi connectivity index (χ2v) is 6.50. The zero-order valence-corrected chi connectivity index (χ0v) is 14.2. The Labute approximate surface area is 145 Å². The third-order valence-electron chi connectivity index (χ3n) is 3.87. The summed E-state index contributed by atoms with van der Waals surface area (Å²) in [5.74, 6) is 0.607. The zero-order chi connectivity index (χ0) is 16.8.